The number of hydrogen-bond acceptors (Lipinski definition) is 3. The van der Waals surface area contributed by atoms with Gasteiger partial charge < -0.3 is 4.74 Å². The lowest BCUT2D eigenvalue weighted by Gasteiger charge is -2.06. The first-order valence-corrected chi connectivity index (χ1v) is 4.54. The monoisotopic (exact) mass is 236 g/mol. The molecule has 0 aliphatic heterocycles. The summed E-state index contributed by atoms with van der Waals surface area (Å²) in [4.78, 5) is 10.8. The molecule has 0 amide bonds. The Hall–Kier alpha value is -1.53. The van der Waals surface area contributed by atoms with Gasteiger partial charge in [-0.05, 0) is 13.3 Å². The van der Waals surface area contributed by atoms with Crippen LogP contribution in [0.4, 0.5) is 13.2 Å². The van der Waals surface area contributed by atoms with Crippen LogP contribution < -0.4 is 0 Å². The summed E-state index contributed by atoms with van der Waals surface area (Å²) in [6, 6.07) is 0. The van der Waals surface area contributed by atoms with Gasteiger partial charge in [0.2, 0.25) is 0 Å². The molecule has 90 valence electrons. The van der Waals surface area contributed by atoms with E-state index in [0.29, 0.717) is 5.69 Å². The Bertz CT molecular complexity index is 385. The molecule has 0 saturated carbocycles. The van der Waals surface area contributed by atoms with Gasteiger partial charge >= 0.3 is 12.1 Å². The number of aryl methyl sites for hydroxylation is 1. The highest BCUT2D eigenvalue weighted by molar-refractivity contribution is 5.69. The highest BCUT2D eigenvalue weighted by Gasteiger charge is 2.37. The van der Waals surface area contributed by atoms with E-state index in [1.165, 1.54) is 14.0 Å². The molecule has 0 fully saturated rings. The molecule has 1 N–H and O–H groups in total. The number of alkyl halides is 3. The second-order valence-corrected chi connectivity index (χ2v) is 3.25. The Kier molecular flexibility index (Phi) is 3.56. The van der Waals surface area contributed by atoms with Crippen molar-refractivity contribution in [3.05, 3.63) is 17.0 Å². The lowest BCUT2D eigenvalue weighted by Crippen LogP contribution is -2.11. The average Bonchev–Trinajstić information content (AvgIpc) is 2.55. The molecule has 0 aromatic carbocycles. The van der Waals surface area contributed by atoms with Crippen LogP contribution in [-0.2, 0) is 22.1 Å². The minimum atomic E-state index is -4.50. The molecule has 0 spiro atoms. The molecule has 0 aliphatic carbocycles. The number of methoxy groups -OCH3 is 1. The Labute approximate surface area is 89.8 Å². The summed E-state index contributed by atoms with van der Waals surface area (Å²) >= 11 is 0. The zero-order valence-electron chi connectivity index (χ0n) is 8.81. The first-order valence-electron chi connectivity index (χ1n) is 4.54. The van der Waals surface area contributed by atoms with E-state index in [9.17, 15) is 18.0 Å². The molecule has 1 rings (SSSR count). The summed E-state index contributed by atoms with van der Waals surface area (Å²) in [7, 11) is 1.19. The summed E-state index contributed by atoms with van der Waals surface area (Å²) < 4.78 is 41.8. The lowest BCUT2D eigenvalue weighted by molar-refractivity contribution is -0.143. The van der Waals surface area contributed by atoms with Crippen LogP contribution in [-0.4, -0.2) is 23.3 Å². The topological polar surface area (TPSA) is 55.0 Å². The largest absolute Gasteiger partial charge is 0.469 e. The molecule has 4 nitrogen and oxygen atoms in total. The van der Waals surface area contributed by atoms with Crippen molar-refractivity contribution >= 4 is 5.97 Å². The van der Waals surface area contributed by atoms with Crippen LogP contribution in [0.25, 0.3) is 0 Å². The van der Waals surface area contributed by atoms with Crippen LogP contribution in [0, 0.1) is 6.92 Å². The van der Waals surface area contributed by atoms with E-state index in [0.717, 1.165) is 0 Å². The van der Waals surface area contributed by atoms with E-state index >= 15 is 0 Å². The number of esters is 1. The third-order valence-electron chi connectivity index (χ3n) is 2.15. The molecule has 1 heterocycles. The summed E-state index contributed by atoms with van der Waals surface area (Å²) in [6.07, 6.45) is -4.64. The van der Waals surface area contributed by atoms with Crippen LogP contribution in [0.3, 0.4) is 0 Å². The highest BCUT2D eigenvalue weighted by atomic mass is 19.4. The summed E-state index contributed by atoms with van der Waals surface area (Å²) in [5, 5.41) is 5.45. The van der Waals surface area contributed by atoms with E-state index in [4.69, 9.17) is 0 Å². The molecule has 16 heavy (non-hydrogen) atoms. The Morgan fingerprint density at radius 3 is 2.62 bits per heavy atom. The number of halogens is 3. The number of H-pyrrole nitrogens is 1. The number of ether oxygens (including phenoxy) is 1. The Morgan fingerprint density at radius 1 is 1.50 bits per heavy atom. The fraction of sp³-hybridized carbons (Fsp3) is 0.556. The van der Waals surface area contributed by atoms with Gasteiger partial charge in [-0.2, -0.15) is 18.3 Å². The minimum absolute atomic E-state index is 0.0119. The van der Waals surface area contributed by atoms with Gasteiger partial charge in [0.1, 0.15) is 0 Å². The van der Waals surface area contributed by atoms with Crippen molar-refractivity contribution < 1.29 is 22.7 Å². The number of carbonyl (C=O) groups excluding carboxylic acids is 1. The Balaban J connectivity index is 2.86. The number of nitrogens with one attached hydrogen (secondary N) is 1. The smallest absolute Gasteiger partial charge is 0.435 e. The normalized spacial score (nSPS) is 11.6. The van der Waals surface area contributed by atoms with Crippen molar-refractivity contribution in [1.82, 2.24) is 10.2 Å². The predicted molar refractivity (Wildman–Crippen MR) is 48.7 cm³/mol. The zero-order valence-corrected chi connectivity index (χ0v) is 8.81. The first kappa shape index (κ1) is 12.5. The molecule has 7 heteroatoms. The van der Waals surface area contributed by atoms with Crippen molar-refractivity contribution in [2.45, 2.75) is 25.9 Å². The maximum atomic E-state index is 12.5. The average molecular weight is 236 g/mol. The van der Waals surface area contributed by atoms with E-state index in [2.05, 4.69) is 14.9 Å². The molecule has 0 aliphatic rings. The molecule has 0 saturated heterocycles. The number of rotatable bonds is 3. The third kappa shape index (κ3) is 2.74. The summed E-state index contributed by atoms with van der Waals surface area (Å²) in [6.45, 7) is 1.48. The summed E-state index contributed by atoms with van der Waals surface area (Å²) in [5.74, 6) is -0.547. The second-order valence-electron chi connectivity index (χ2n) is 3.25. The SMILES string of the molecule is COC(=O)CCc1c(C(F)(F)F)n[nH]c1C. The quantitative estimate of drug-likeness (QED) is 0.815. The fourth-order valence-electron chi connectivity index (χ4n) is 1.32. The summed E-state index contributed by atoms with van der Waals surface area (Å²) in [5.41, 5.74) is -0.636. The van der Waals surface area contributed by atoms with Crippen molar-refractivity contribution in [3.63, 3.8) is 0 Å². The molecule has 0 atom stereocenters. The minimum Gasteiger partial charge on any atom is -0.469 e. The van der Waals surface area contributed by atoms with Gasteiger partial charge in [0.05, 0.1) is 7.11 Å². The van der Waals surface area contributed by atoms with Crippen LogP contribution in [0.2, 0.25) is 0 Å². The molecular formula is C9H11F3N2O2. The maximum Gasteiger partial charge on any atom is 0.435 e. The number of nitrogens with zero attached hydrogens (tertiary/aromatic N) is 1. The van der Waals surface area contributed by atoms with Gasteiger partial charge in [0, 0.05) is 17.7 Å². The van der Waals surface area contributed by atoms with Crippen LogP contribution in [0.15, 0.2) is 0 Å². The molecule has 1 aromatic heterocycles. The van der Waals surface area contributed by atoms with Gasteiger partial charge in [0.15, 0.2) is 5.69 Å². The predicted octanol–water partition coefficient (Wildman–Crippen LogP) is 1.84. The lowest BCUT2D eigenvalue weighted by atomic mass is 10.1. The van der Waals surface area contributed by atoms with E-state index in [-0.39, 0.29) is 18.4 Å². The highest BCUT2D eigenvalue weighted by Crippen LogP contribution is 2.31. The molecule has 0 radical (unpaired) electrons. The van der Waals surface area contributed by atoms with Gasteiger partial charge in [-0.15, -0.1) is 0 Å². The van der Waals surface area contributed by atoms with Crippen LogP contribution in [0.5, 0.6) is 0 Å². The first-order chi connectivity index (χ1) is 7.36. The standard InChI is InChI=1S/C9H11F3N2O2/c1-5-6(3-4-7(15)16-2)8(14-13-5)9(10,11)12/h3-4H2,1-2H3,(H,13,14). The van der Waals surface area contributed by atoms with Gasteiger partial charge in [0.25, 0.3) is 0 Å². The zero-order chi connectivity index (χ0) is 12.3. The second kappa shape index (κ2) is 4.54. The number of hydrogen-bond donors (Lipinski definition) is 1. The van der Waals surface area contributed by atoms with Gasteiger partial charge in [-0.3, -0.25) is 9.89 Å². The van der Waals surface area contributed by atoms with E-state index < -0.39 is 17.8 Å². The van der Waals surface area contributed by atoms with Crippen molar-refractivity contribution in [2.24, 2.45) is 0 Å². The number of carbonyl (C=O) groups is 1. The molecular weight excluding hydrogens is 225 g/mol. The number of aromatic amines is 1. The molecule has 0 bridgehead atoms. The number of aromatic nitrogens is 2. The molecule has 0 unspecified atom stereocenters. The van der Waals surface area contributed by atoms with Crippen molar-refractivity contribution in [1.29, 1.82) is 0 Å². The molecule has 1 aromatic rings. The van der Waals surface area contributed by atoms with Gasteiger partial charge in [-0.1, -0.05) is 0 Å². The fourth-order valence-corrected chi connectivity index (χ4v) is 1.32. The maximum absolute atomic E-state index is 12.5. The van der Waals surface area contributed by atoms with Crippen LogP contribution >= 0.6 is 0 Å². The van der Waals surface area contributed by atoms with Crippen molar-refractivity contribution in [2.75, 3.05) is 7.11 Å². The Morgan fingerprint density at radius 2 is 2.12 bits per heavy atom. The van der Waals surface area contributed by atoms with E-state index in [1.807, 2.05) is 0 Å². The van der Waals surface area contributed by atoms with Crippen LogP contribution in [0.1, 0.15) is 23.4 Å². The third-order valence-corrected chi connectivity index (χ3v) is 2.15. The van der Waals surface area contributed by atoms with Gasteiger partial charge in [-0.25, -0.2) is 0 Å². The van der Waals surface area contributed by atoms with Crippen molar-refractivity contribution in [3.8, 4) is 0 Å². The van der Waals surface area contributed by atoms with E-state index in [1.54, 1.807) is 0 Å².